The molecule has 1 saturated heterocycles. The number of nitrogens with zero attached hydrogens (tertiary/aromatic N) is 3. The molecule has 8 nitrogen and oxygen atoms in total. The minimum atomic E-state index is -0.252. The monoisotopic (exact) mass is 513 g/mol. The zero-order valence-corrected chi connectivity index (χ0v) is 22.3. The number of hydrogen-bond acceptors (Lipinski definition) is 8. The van der Waals surface area contributed by atoms with Crippen LogP contribution in [0, 0.1) is 31.6 Å². The third-order valence-corrected chi connectivity index (χ3v) is 8.46. The normalized spacial score (nSPS) is 24.9. The van der Waals surface area contributed by atoms with Gasteiger partial charge in [-0.15, -0.1) is 0 Å². The van der Waals surface area contributed by atoms with Gasteiger partial charge in [0.25, 0.3) is 0 Å². The summed E-state index contributed by atoms with van der Waals surface area (Å²) < 4.78 is 11.8. The number of hydrogen-bond donors (Lipinski definition) is 3. The largest absolute Gasteiger partial charge is 0.454 e. The van der Waals surface area contributed by atoms with E-state index in [2.05, 4.69) is 34.4 Å². The van der Waals surface area contributed by atoms with Crippen LogP contribution in [-0.2, 0) is 4.74 Å². The van der Waals surface area contributed by atoms with E-state index >= 15 is 0 Å². The van der Waals surface area contributed by atoms with Crippen molar-refractivity contribution in [2.75, 3.05) is 37.0 Å². The number of furan rings is 1. The quantitative estimate of drug-likeness (QED) is 0.350. The van der Waals surface area contributed by atoms with Crippen LogP contribution in [0.15, 0.2) is 16.5 Å². The molecule has 3 aromatic heterocycles. The molecule has 0 radical (unpaired) electrons. The van der Waals surface area contributed by atoms with Gasteiger partial charge in [-0.1, -0.05) is 18.5 Å². The molecule has 3 N–H and O–H groups in total. The lowest BCUT2D eigenvalue weighted by atomic mass is 9.86. The van der Waals surface area contributed by atoms with Gasteiger partial charge >= 0.3 is 0 Å². The number of aryl methyl sites for hydroxylation is 2. The third kappa shape index (κ3) is 4.91. The van der Waals surface area contributed by atoms with E-state index in [-0.39, 0.29) is 24.0 Å². The number of rotatable bonds is 7. The maximum atomic E-state index is 9.86. The van der Waals surface area contributed by atoms with Gasteiger partial charge in [-0.2, -0.15) is 4.98 Å². The molecule has 3 unspecified atom stereocenters. The Morgan fingerprint density at radius 2 is 1.92 bits per heavy atom. The molecule has 194 valence electrons. The topological polar surface area (TPSA) is 105 Å². The molecule has 5 rings (SSSR count). The van der Waals surface area contributed by atoms with E-state index < -0.39 is 0 Å². The minimum Gasteiger partial charge on any atom is -0.454 e. The fourth-order valence-electron chi connectivity index (χ4n) is 5.68. The lowest BCUT2D eigenvalue weighted by molar-refractivity contribution is 0.0699. The van der Waals surface area contributed by atoms with Gasteiger partial charge in [0.2, 0.25) is 5.95 Å². The Balaban J connectivity index is 1.53. The lowest BCUT2D eigenvalue weighted by Gasteiger charge is -2.33. The molecule has 0 bridgehead atoms. The number of aliphatic hydroxyl groups excluding tert-OH is 1. The maximum absolute atomic E-state index is 9.86. The molecule has 1 saturated carbocycles. The molecular weight excluding hydrogens is 478 g/mol. The number of aliphatic hydroxyl groups is 1. The number of nitrogens with one attached hydrogen (secondary N) is 2. The highest BCUT2D eigenvalue weighted by Crippen LogP contribution is 2.45. The van der Waals surface area contributed by atoms with Gasteiger partial charge in [-0.3, -0.25) is 4.98 Å². The molecule has 2 fully saturated rings. The van der Waals surface area contributed by atoms with E-state index in [9.17, 15) is 5.11 Å². The molecule has 9 heteroatoms. The van der Waals surface area contributed by atoms with Crippen molar-refractivity contribution in [2.45, 2.75) is 58.9 Å². The molecule has 4 heterocycles. The first-order chi connectivity index (χ1) is 17.3. The summed E-state index contributed by atoms with van der Waals surface area (Å²) in [6.45, 7) is 10.8. The number of pyridine rings is 1. The van der Waals surface area contributed by atoms with Crippen LogP contribution in [0.3, 0.4) is 0 Å². The molecule has 0 amide bonds. The first-order valence-corrected chi connectivity index (χ1v) is 13.3. The highest BCUT2D eigenvalue weighted by Gasteiger charge is 2.43. The van der Waals surface area contributed by atoms with Gasteiger partial charge in [0.15, 0.2) is 5.58 Å². The Kier molecular flexibility index (Phi) is 7.12. The van der Waals surface area contributed by atoms with Crippen molar-refractivity contribution in [3.05, 3.63) is 28.7 Å². The Morgan fingerprint density at radius 1 is 1.14 bits per heavy atom. The van der Waals surface area contributed by atoms with Gasteiger partial charge in [0.1, 0.15) is 16.7 Å². The first kappa shape index (κ1) is 25.2. The van der Waals surface area contributed by atoms with E-state index in [4.69, 9.17) is 25.7 Å². The fraction of sp³-hybridized carbons (Fsp3) is 0.593. The number of ether oxygens (including phenoxy) is 1. The summed E-state index contributed by atoms with van der Waals surface area (Å²) in [6.07, 6.45) is 3.92. The van der Waals surface area contributed by atoms with Crippen LogP contribution in [0.25, 0.3) is 22.3 Å². The van der Waals surface area contributed by atoms with Crippen molar-refractivity contribution in [3.63, 3.8) is 0 Å². The second-order valence-electron chi connectivity index (χ2n) is 10.7. The van der Waals surface area contributed by atoms with Crippen molar-refractivity contribution < 1.29 is 14.3 Å². The minimum absolute atomic E-state index is 0.183. The smallest absolute Gasteiger partial charge is 0.226 e. The molecule has 36 heavy (non-hydrogen) atoms. The summed E-state index contributed by atoms with van der Waals surface area (Å²) in [5.41, 5.74) is 2.89. The fourth-order valence-corrected chi connectivity index (χ4v) is 5.94. The number of anilines is 2. The molecule has 0 spiro atoms. The lowest BCUT2D eigenvalue weighted by Crippen LogP contribution is -2.40. The summed E-state index contributed by atoms with van der Waals surface area (Å²) >= 11 is 6.85. The number of halogens is 1. The summed E-state index contributed by atoms with van der Waals surface area (Å²) in [6, 6.07) is 3.99. The standard InChI is InChI=1S/C27H36ClN5O3/c1-15-11-20-12-21(36-23(20)17(3)30-15)22-24(28)31-26(29-13-18-6-9-35-10-7-18)32-25(22)33-27(4)8-5-19(14-34)16(27)2/h11-12,16,18-19,34H,5-10,13-14H2,1-4H3,(H2,29,31,32,33). The molecule has 3 atom stereocenters. The molecule has 1 aliphatic carbocycles. The highest BCUT2D eigenvalue weighted by molar-refractivity contribution is 6.32. The van der Waals surface area contributed by atoms with Crippen molar-refractivity contribution in [3.8, 4) is 11.3 Å². The van der Waals surface area contributed by atoms with Crippen molar-refractivity contribution in [1.29, 1.82) is 0 Å². The molecule has 2 aliphatic rings. The van der Waals surface area contributed by atoms with E-state index in [0.717, 1.165) is 67.8 Å². The van der Waals surface area contributed by atoms with Crippen LogP contribution in [-0.4, -0.2) is 52.0 Å². The van der Waals surface area contributed by atoms with Crippen LogP contribution in [0.1, 0.15) is 50.9 Å². The Hall–Kier alpha value is -2.42. The highest BCUT2D eigenvalue weighted by atomic mass is 35.5. The van der Waals surface area contributed by atoms with Crippen LogP contribution >= 0.6 is 11.6 Å². The maximum Gasteiger partial charge on any atom is 0.226 e. The van der Waals surface area contributed by atoms with E-state index in [1.165, 1.54) is 0 Å². The van der Waals surface area contributed by atoms with Crippen LogP contribution in [0.2, 0.25) is 5.15 Å². The van der Waals surface area contributed by atoms with Crippen LogP contribution in [0.5, 0.6) is 0 Å². The van der Waals surface area contributed by atoms with Crippen molar-refractivity contribution in [1.82, 2.24) is 15.0 Å². The predicted molar refractivity (Wildman–Crippen MR) is 143 cm³/mol. The Labute approximate surface area is 217 Å². The van der Waals surface area contributed by atoms with E-state index in [0.29, 0.717) is 34.2 Å². The molecule has 3 aromatic rings. The van der Waals surface area contributed by atoms with Crippen LogP contribution < -0.4 is 10.6 Å². The average Bonchev–Trinajstić information content (AvgIpc) is 3.39. The Morgan fingerprint density at radius 3 is 2.64 bits per heavy atom. The molecular formula is C27H36ClN5O3. The second-order valence-corrected chi connectivity index (χ2v) is 11.0. The van der Waals surface area contributed by atoms with E-state index in [1.807, 2.05) is 26.0 Å². The van der Waals surface area contributed by atoms with Gasteiger partial charge in [-0.25, -0.2) is 4.98 Å². The molecule has 0 aromatic carbocycles. The average molecular weight is 514 g/mol. The predicted octanol–water partition coefficient (Wildman–Crippen LogP) is 5.60. The zero-order chi connectivity index (χ0) is 25.4. The van der Waals surface area contributed by atoms with Gasteiger partial charge in [0.05, 0.1) is 11.3 Å². The summed E-state index contributed by atoms with van der Waals surface area (Å²) in [5, 5.41) is 18.3. The molecule has 1 aliphatic heterocycles. The van der Waals surface area contributed by atoms with E-state index in [1.54, 1.807) is 0 Å². The zero-order valence-electron chi connectivity index (χ0n) is 21.5. The third-order valence-electron chi connectivity index (χ3n) is 8.18. The van der Waals surface area contributed by atoms with Gasteiger partial charge in [0, 0.05) is 43.0 Å². The van der Waals surface area contributed by atoms with Gasteiger partial charge in [-0.05, 0) is 76.3 Å². The number of aromatic nitrogens is 3. The van der Waals surface area contributed by atoms with Crippen molar-refractivity contribution >= 4 is 34.3 Å². The van der Waals surface area contributed by atoms with Crippen molar-refractivity contribution in [2.24, 2.45) is 17.8 Å². The summed E-state index contributed by atoms with van der Waals surface area (Å²) in [7, 11) is 0. The van der Waals surface area contributed by atoms with Gasteiger partial charge < -0.3 is 24.9 Å². The first-order valence-electron chi connectivity index (χ1n) is 12.9. The SMILES string of the molecule is Cc1cc2cc(-c3c(Cl)nc(NCC4CCOCC4)nc3NC3(C)CCC(CO)C3C)oc2c(C)n1. The summed E-state index contributed by atoms with van der Waals surface area (Å²) in [5.74, 6) is 2.76. The summed E-state index contributed by atoms with van der Waals surface area (Å²) in [4.78, 5) is 14.1. The van der Waals surface area contributed by atoms with Crippen LogP contribution in [0.4, 0.5) is 11.8 Å². The second kappa shape index (κ2) is 10.1. The Bertz CT molecular complexity index is 1240. The number of fused-ring (bicyclic) bond motifs is 1.